The first-order valence-electron chi connectivity index (χ1n) is 6.13. The Morgan fingerprint density at radius 3 is 1.95 bits per heavy atom. The van der Waals surface area contributed by atoms with Crippen LogP contribution in [-0.4, -0.2) is 26.4 Å². The van der Waals surface area contributed by atoms with Crippen molar-refractivity contribution in [1.29, 1.82) is 0 Å². The van der Waals surface area contributed by atoms with E-state index in [-0.39, 0.29) is 0 Å². The Bertz CT molecular complexity index is 566. The van der Waals surface area contributed by atoms with Gasteiger partial charge in [-0.05, 0) is 41.6 Å². The fraction of sp³-hybridized carbons (Fsp3) is 0.333. The Hall–Kier alpha value is -1.72. The first-order chi connectivity index (χ1) is 9.60. The van der Waals surface area contributed by atoms with Crippen LogP contribution >= 0.6 is 11.3 Å². The summed E-state index contributed by atoms with van der Waals surface area (Å²) in [5, 5.41) is 12.4. The summed E-state index contributed by atoms with van der Waals surface area (Å²) in [5.41, 5.74) is 1.57. The average Bonchev–Trinajstić information content (AvgIpc) is 2.91. The molecule has 2 rings (SSSR count). The summed E-state index contributed by atoms with van der Waals surface area (Å²) in [4.78, 5) is 1.16. The highest BCUT2D eigenvalue weighted by atomic mass is 32.1. The van der Waals surface area contributed by atoms with Crippen molar-refractivity contribution >= 4 is 11.3 Å². The molecule has 0 amide bonds. The molecule has 0 radical (unpaired) electrons. The Kier molecular flexibility index (Phi) is 4.52. The number of methoxy groups -OCH3 is 3. The zero-order valence-corrected chi connectivity index (χ0v) is 12.8. The first-order valence-corrected chi connectivity index (χ1v) is 7.01. The molecular formula is C15H18O4S. The van der Waals surface area contributed by atoms with Crippen molar-refractivity contribution in [2.45, 2.75) is 13.0 Å². The predicted molar refractivity (Wildman–Crippen MR) is 79.2 cm³/mol. The van der Waals surface area contributed by atoms with E-state index in [1.54, 1.807) is 44.8 Å². The van der Waals surface area contributed by atoms with Crippen molar-refractivity contribution in [3.05, 3.63) is 39.6 Å². The average molecular weight is 294 g/mol. The minimum Gasteiger partial charge on any atom is -0.493 e. The van der Waals surface area contributed by atoms with Crippen LogP contribution in [0.3, 0.4) is 0 Å². The Labute approximate surface area is 122 Å². The lowest BCUT2D eigenvalue weighted by molar-refractivity contribution is 0.219. The summed E-state index contributed by atoms with van der Waals surface area (Å²) in [6.07, 6.45) is -0.714. The molecule has 0 aliphatic rings. The minimum atomic E-state index is -0.714. The molecule has 0 saturated heterocycles. The van der Waals surface area contributed by atoms with Crippen LogP contribution in [0.2, 0.25) is 0 Å². The molecule has 1 N–H and O–H groups in total. The summed E-state index contributed by atoms with van der Waals surface area (Å²) in [6, 6.07) is 5.50. The van der Waals surface area contributed by atoms with E-state index in [9.17, 15) is 5.11 Å². The van der Waals surface area contributed by atoms with Gasteiger partial charge in [0.2, 0.25) is 5.75 Å². The third-order valence-corrected chi connectivity index (χ3v) is 3.95. The number of rotatable bonds is 5. The molecule has 0 aliphatic carbocycles. The zero-order valence-electron chi connectivity index (χ0n) is 12.0. The number of hydrogen-bond donors (Lipinski definition) is 1. The summed E-state index contributed by atoms with van der Waals surface area (Å²) in [6.45, 7) is 2.01. The van der Waals surface area contributed by atoms with E-state index in [4.69, 9.17) is 14.2 Å². The van der Waals surface area contributed by atoms with Gasteiger partial charge in [-0.25, -0.2) is 0 Å². The Morgan fingerprint density at radius 2 is 1.55 bits per heavy atom. The fourth-order valence-electron chi connectivity index (χ4n) is 2.06. The van der Waals surface area contributed by atoms with Crippen LogP contribution in [-0.2, 0) is 0 Å². The molecule has 2 aromatic rings. The molecule has 1 aromatic carbocycles. The summed E-state index contributed by atoms with van der Waals surface area (Å²) in [5.74, 6) is 1.59. The molecular weight excluding hydrogens is 276 g/mol. The van der Waals surface area contributed by atoms with E-state index >= 15 is 0 Å². The number of aryl methyl sites for hydroxylation is 1. The minimum absolute atomic E-state index is 0.521. The number of thiophene rings is 1. The van der Waals surface area contributed by atoms with E-state index in [0.717, 1.165) is 10.4 Å². The van der Waals surface area contributed by atoms with Crippen LogP contribution in [0.1, 0.15) is 22.1 Å². The number of aliphatic hydroxyl groups is 1. The molecule has 0 saturated carbocycles. The van der Waals surface area contributed by atoms with Gasteiger partial charge in [0.1, 0.15) is 6.10 Å². The highest BCUT2D eigenvalue weighted by Crippen LogP contribution is 2.41. The van der Waals surface area contributed by atoms with Crippen molar-refractivity contribution in [2.24, 2.45) is 0 Å². The summed E-state index contributed by atoms with van der Waals surface area (Å²) >= 11 is 1.61. The van der Waals surface area contributed by atoms with Crippen LogP contribution in [0.15, 0.2) is 23.6 Å². The maximum absolute atomic E-state index is 10.5. The third kappa shape index (κ3) is 2.73. The van der Waals surface area contributed by atoms with Crippen molar-refractivity contribution in [1.82, 2.24) is 0 Å². The number of hydrogen-bond acceptors (Lipinski definition) is 5. The molecule has 1 heterocycles. The van der Waals surface area contributed by atoms with Gasteiger partial charge in [0.15, 0.2) is 11.5 Å². The van der Waals surface area contributed by atoms with Gasteiger partial charge in [-0.1, -0.05) is 0 Å². The lowest BCUT2D eigenvalue weighted by Gasteiger charge is -2.16. The molecule has 0 fully saturated rings. The highest BCUT2D eigenvalue weighted by molar-refractivity contribution is 7.10. The first kappa shape index (κ1) is 14.7. The van der Waals surface area contributed by atoms with Gasteiger partial charge >= 0.3 is 0 Å². The maximum Gasteiger partial charge on any atom is 0.203 e. The van der Waals surface area contributed by atoms with E-state index < -0.39 is 6.10 Å². The lowest BCUT2D eigenvalue weighted by atomic mass is 10.0. The van der Waals surface area contributed by atoms with Gasteiger partial charge in [-0.2, -0.15) is 0 Å². The van der Waals surface area contributed by atoms with E-state index in [1.807, 2.05) is 18.4 Å². The smallest absolute Gasteiger partial charge is 0.203 e. The molecule has 0 aliphatic heterocycles. The fourth-order valence-corrected chi connectivity index (χ4v) is 2.78. The number of aliphatic hydroxyl groups excluding tert-OH is 1. The van der Waals surface area contributed by atoms with Gasteiger partial charge in [-0.3, -0.25) is 0 Å². The van der Waals surface area contributed by atoms with E-state index in [1.165, 1.54) is 0 Å². The van der Waals surface area contributed by atoms with Crippen molar-refractivity contribution in [2.75, 3.05) is 21.3 Å². The molecule has 20 heavy (non-hydrogen) atoms. The topological polar surface area (TPSA) is 47.9 Å². The molecule has 1 unspecified atom stereocenters. The second-order valence-corrected chi connectivity index (χ2v) is 5.47. The molecule has 0 bridgehead atoms. The number of ether oxygens (including phenoxy) is 3. The third-order valence-electron chi connectivity index (χ3n) is 3.07. The van der Waals surface area contributed by atoms with Gasteiger partial charge in [0.25, 0.3) is 0 Å². The van der Waals surface area contributed by atoms with Gasteiger partial charge in [-0.15, -0.1) is 11.3 Å². The normalized spacial score (nSPS) is 12.1. The zero-order chi connectivity index (χ0) is 14.7. The maximum atomic E-state index is 10.5. The van der Waals surface area contributed by atoms with Crippen LogP contribution in [0.5, 0.6) is 17.2 Å². The Balaban J connectivity index is 2.46. The lowest BCUT2D eigenvalue weighted by Crippen LogP contribution is -2.02. The standard InChI is InChI=1S/C15H18O4S/c1-9-5-11(8-20-9)14(16)10-6-12(17-2)15(19-4)13(7-10)18-3/h5-8,14,16H,1-4H3. The van der Waals surface area contributed by atoms with E-state index in [0.29, 0.717) is 22.8 Å². The summed E-state index contributed by atoms with van der Waals surface area (Å²) in [7, 11) is 4.67. The van der Waals surface area contributed by atoms with Crippen molar-refractivity contribution < 1.29 is 19.3 Å². The van der Waals surface area contributed by atoms with Gasteiger partial charge in [0, 0.05) is 4.88 Å². The van der Waals surface area contributed by atoms with Crippen LogP contribution in [0.25, 0.3) is 0 Å². The predicted octanol–water partition coefficient (Wildman–Crippen LogP) is 3.16. The largest absolute Gasteiger partial charge is 0.493 e. The second-order valence-electron chi connectivity index (χ2n) is 4.35. The SMILES string of the molecule is COc1cc(C(O)c2csc(C)c2)cc(OC)c1OC. The molecule has 0 spiro atoms. The van der Waals surface area contributed by atoms with E-state index in [2.05, 4.69) is 0 Å². The number of benzene rings is 1. The Morgan fingerprint density at radius 1 is 0.950 bits per heavy atom. The van der Waals surface area contributed by atoms with Crippen LogP contribution < -0.4 is 14.2 Å². The van der Waals surface area contributed by atoms with Gasteiger partial charge in [0.05, 0.1) is 21.3 Å². The molecule has 1 atom stereocenters. The van der Waals surface area contributed by atoms with Crippen LogP contribution in [0.4, 0.5) is 0 Å². The molecule has 4 nitrogen and oxygen atoms in total. The van der Waals surface area contributed by atoms with Crippen LogP contribution in [0, 0.1) is 6.92 Å². The highest BCUT2D eigenvalue weighted by Gasteiger charge is 2.19. The quantitative estimate of drug-likeness (QED) is 0.920. The molecule has 5 heteroatoms. The monoisotopic (exact) mass is 294 g/mol. The second kappa shape index (κ2) is 6.15. The summed E-state index contributed by atoms with van der Waals surface area (Å²) < 4.78 is 15.9. The van der Waals surface area contributed by atoms with Crippen molar-refractivity contribution in [3.63, 3.8) is 0 Å². The molecule has 1 aromatic heterocycles. The van der Waals surface area contributed by atoms with Gasteiger partial charge < -0.3 is 19.3 Å². The van der Waals surface area contributed by atoms with Crippen molar-refractivity contribution in [3.8, 4) is 17.2 Å². The molecule has 108 valence electrons.